The van der Waals surface area contributed by atoms with Crippen LogP contribution in [0.2, 0.25) is 0 Å². The van der Waals surface area contributed by atoms with Gasteiger partial charge >= 0.3 is 0 Å². The monoisotopic (exact) mass is 491 g/mol. The van der Waals surface area contributed by atoms with E-state index in [2.05, 4.69) is 43.0 Å². The smallest absolute Gasteiger partial charge is 0.101 e. The Labute approximate surface area is 222 Å². The molecule has 0 bridgehead atoms. The summed E-state index contributed by atoms with van der Waals surface area (Å²) in [4.78, 5) is 5.28. The molecule has 1 unspecified atom stereocenters. The van der Waals surface area contributed by atoms with E-state index in [9.17, 15) is 0 Å². The molecule has 0 spiro atoms. The van der Waals surface area contributed by atoms with Gasteiger partial charge in [0.1, 0.15) is 6.17 Å². The van der Waals surface area contributed by atoms with Crippen molar-refractivity contribution in [3.05, 3.63) is 12.4 Å². The molecule has 0 fully saturated rings. The summed E-state index contributed by atoms with van der Waals surface area (Å²) in [5, 5.41) is 0. The minimum atomic E-state index is 0.640. The number of nitrogens with zero attached hydrogens (tertiary/aromatic N) is 2. The van der Waals surface area contributed by atoms with Gasteiger partial charge in [-0.3, -0.25) is 0 Å². The molecule has 1 aliphatic heterocycles. The fraction of sp³-hybridized carbons (Fsp3) is 0.939. The van der Waals surface area contributed by atoms with Crippen LogP contribution < -0.4 is 0 Å². The first-order valence-electron chi connectivity index (χ1n) is 16.5. The first-order chi connectivity index (χ1) is 17.3. The van der Waals surface area contributed by atoms with Gasteiger partial charge in [0, 0.05) is 25.5 Å². The van der Waals surface area contributed by atoms with Crippen LogP contribution in [0.15, 0.2) is 12.4 Å². The van der Waals surface area contributed by atoms with E-state index in [1.165, 1.54) is 174 Å². The van der Waals surface area contributed by atoms with Crippen molar-refractivity contribution >= 4 is 0 Å². The zero-order chi connectivity index (χ0) is 25.2. The first kappa shape index (κ1) is 32.4. The lowest BCUT2D eigenvalue weighted by atomic mass is 10.0. The maximum Gasteiger partial charge on any atom is 0.101 e. The molecule has 0 N–H and O–H groups in total. The van der Waals surface area contributed by atoms with Gasteiger partial charge < -0.3 is 9.80 Å². The van der Waals surface area contributed by atoms with Gasteiger partial charge in [-0.05, 0) is 25.7 Å². The zero-order valence-electron chi connectivity index (χ0n) is 24.7. The predicted molar refractivity (Wildman–Crippen MR) is 159 cm³/mol. The van der Waals surface area contributed by atoms with Gasteiger partial charge in [0.25, 0.3) is 0 Å². The Kier molecular flexibility index (Phi) is 23.1. The minimum absolute atomic E-state index is 0.640. The SMILES string of the molecule is CCCCCCCCCCCCCCCCCCC1N(CCC)C=CN1CCCCCCCCC. The molecule has 0 aromatic heterocycles. The zero-order valence-corrected chi connectivity index (χ0v) is 24.7. The van der Waals surface area contributed by atoms with Crippen molar-refractivity contribution in [2.24, 2.45) is 0 Å². The lowest BCUT2D eigenvalue weighted by molar-refractivity contribution is 0.137. The molecule has 2 heteroatoms. The predicted octanol–water partition coefficient (Wildman–Crippen LogP) is 11.2. The third-order valence-electron chi connectivity index (χ3n) is 8.03. The lowest BCUT2D eigenvalue weighted by Crippen LogP contribution is -2.39. The van der Waals surface area contributed by atoms with Crippen LogP contribution in [0.5, 0.6) is 0 Å². The molecular weight excluding hydrogens is 424 g/mol. The summed E-state index contributed by atoms with van der Waals surface area (Å²) in [6, 6.07) is 0. The highest BCUT2D eigenvalue weighted by atomic mass is 15.4. The molecule has 1 aliphatic rings. The largest absolute Gasteiger partial charge is 0.356 e. The van der Waals surface area contributed by atoms with E-state index in [0.717, 1.165) is 0 Å². The van der Waals surface area contributed by atoms with Crippen molar-refractivity contribution in [2.75, 3.05) is 13.1 Å². The Balaban J connectivity index is 1.99. The Morgan fingerprint density at radius 2 is 0.714 bits per heavy atom. The Bertz CT molecular complexity index is 446. The summed E-state index contributed by atoms with van der Waals surface area (Å²) in [6.07, 6.45) is 41.2. The molecule has 1 heterocycles. The fourth-order valence-electron chi connectivity index (χ4n) is 5.72. The van der Waals surface area contributed by atoms with Gasteiger partial charge in [0.05, 0.1) is 0 Å². The van der Waals surface area contributed by atoms with Crippen molar-refractivity contribution in [3.8, 4) is 0 Å². The molecule has 0 radical (unpaired) electrons. The van der Waals surface area contributed by atoms with Gasteiger partial charge in [0.2, 0.25) is 0 Å². The standard InChI is InChI=1S/C33H66N2/c1-4-7-9-11-13-14-15-16-17-18-19-20-21-22-24-26-28-33-34(29-6-3)31-32-35(33)30-27-25-23-12-10-8-5-2/h31-33H,4-30H2,1-3H3. The number of hydrogen-bond donors (Lipinski definition) is 0. The molecular formula is C33H66N2. The minimum Gasteiger partial charge on any atom is -0.356 e. The quantitative estimate of drug-likeness (QED) is 0.106. The number of unbranched alkanes of at least 4 members (excludes halogenated alkanes) is 21. The molecule has 0 saturated heterocycles. The summed E-state index contributed by atoms with van der Waals surface area (Å²) in [7, 11) is 0. The van der Waals surface area contributed by atoms with E-state index in [-0.39, 0.29) is 0 Å². The van der Waals surface area contributed by atoms with E-state index in [4.69, 9.17) is 0 Å². The maximum atomic E-state index is 2.66. The fourth-order valence-corrected chi connectivity index (χ4v) is 5.72. The third kappa shape index (κ3) is 18.3. The molecule has 0 amide bonds. The summed E-state index contributed by atoms with van der Waals surface area (Å²) >= 11 is 0. The van der Waals surface area contributed by atoms with Gasteiger partial charge in [0.15, 0.2) is 0 Å². The van der Waals surface area contributed by atoms with Crippen LogP contribution in [0.25, 0.3) is 0 Å². The van der Waals surface area contributed by atoms with E-state index < -0.39 is 0 Å². The van der Waals surface area contributed by atoms with Crippen molar-refractivity contribution in [3.63, 3.8) is 0 Å². The second-order valence-corrected chi connectivity index (χ2v) is 11.5. The van der Waals surface area contributed by atoms with Crippen LogP contribution in [0.3, 0.4) is 0 Å². The molecule has 0 aromatic rings. The van der Waals surface area contributed by atoms with E-state index in [0.29, 0.717) is 6.17 Å². The van der Waals surface area contributed by atoms with Gasteiger partial charge in [-0.1, -0.05) is 156 Å². The molecule has 1 atom stereocenters. The summed E-state index contributed by atoms with van der Waals surface area (Å²) in [5.74, 6) is 0. The van der Waals surface area contributed by atoms with Crippen molar-refractivity contribution in [1.82, 2.24) is 9.80 Å². The average Bonchev–Trinajstić information content (AvgIpc) is 3.24. The van der Waals surface area contributed by atoms with Crippen LogP contribution >= 0.6 is 0 Å². The highest BCUT2D eigenvalue weighted by Gasteiger charge is 2.24. The molecule has 1 rings (SSSR count). The van der Waals surface area contributed by atoms with Crippen molar-refractivity contribution in [1.29, 1.82) is 0 Å². The normalized spacial score (nSPS) is 15.6. The molecule has 0 aliphatic carbocycles. The molecule has 2 nitrogen and oxygen atoms in total. The van der Waals surface area contributed by atoms with Crippen LogP contribution in [0, 0.1) is 0 Å². The van der Waals surface area contributed by atoms with Crippen LogP contribution in [-0.2, 0) is 0 Å². The molecule has 35 heavy (non-hydrogen) atoms. The van der Waals surface area contributed by atoms with Gasteiger partial charge in [-0.2, -0.15) is 0 Å². The van der Waals surface area contributed by atoms with E-state index in [1.54, 1.807) is 0 Å². The summed E-state index contributed by atoms with van der Waals surface area (Å²) < 4.78 is 0. The molecule has 0 saturated carbocycles. The topological polar surface area (TPSA) is 6.48 Å². The Hall–Kier alpha value is -0.660. The second kappa shape index (κ2) is 25.0. The lowest BCUT2D eigenvalue weighted by Gasteiger charge is -2.33. The second-order valence-electron chi connectivity index (χ2n) is 11.5. The molecule has 208 valence electrons. The Morgan fingerprint density at radius 3 is 1.11 bits per heavy atom. The number of hydrogen-bond acceptors (Lipinski definition) is 2. The molecule has 0 aromatic carbocycles. The average molecular weight is 491 g/mol. The van der Waals surface area contributed by atoms with Crippen molar-refractivity contribution in [2.45, 2.75) is 187 Å². The summed E-state index contributed by atoms with van der Waals surface area (Å²) in [5.41, 5.74) is 0. The highest BCUT2D eigenvalue weighted by Crippen LogP contribution is 2.23. The third-order valence-corrected chi connectivity index (χ3v) is 8.03. The van der Waals surface area contributed by atoms with E-state index >= 15 is 0 Å². The van der Waals surface area contributed by atoms with Crippen LogP contribution in [-0.4, -0.2) is 29.1 Å². The Morgan fingerprint density at radius 1 is 0.371 bits per heavy atom. The highest BCUT2D eigenvalue weighted by molar-refractivity contribution is 4.96. The first-order valence-corrected chi connectivity index (χ1v) is 16.5. The van der Waals surface area contributed by atoms with Crippen molar-refractivity contribution < 1.29 is 0 Å². The number of rotatable bonds is 27. The van der Waals surface area contributed by atoms with Gasteiger partial charge in [-0.15, -0.1) is 0 Å². The van der Waals surface area contributed by atoms with E-state index in [1.807, 2.05) is 0 Å². The van der Waals surface area contributed by atoms with Gasteiger partial charge in [-0.25, -0.2) is 0 Å². The summed E-state index contributed by atoms with van der Waals surface area (Å²) in [6.45, 7) is 9.40. The van der Waals surface area contributed by atoms with Crippen LogP contribution in [0.4, 0.5) is 0 Å². The van der Waals surface area contributed by atoms with Crippen LogP contribution in [0.1, 0.15) is 181 Å². The maximum absolute atomic E-state index is 2.66.